The lowest BCUT2D eigenvalue weighted by molar-refractivity contribution is -0.221. The van der Waals surface area contributed by atoms with Crippen molar-refractivity contribution in [2.45, 2.75) is 37.0 Å². The Balaban J connectivity index is 2.68. The fourth-order valence-electron chi connectivity index (χ4n) is 2.63. The molecule has 170 valence electrons. The van der Waals surface area contributed by atoms with Crippen molar-refractivity contribution in [2.75, 3.05) is 5.01 Å². The molecule has 0 amide bonds. The van der Waals surface area contributed by atoms with Crippen molar-refractivity contribution in [2.24, 2.45) is 11.0 Å². The molecule has 1 aliphatic heterocycles. The van der Waals surface area contributed by atoms with Gasteiger partial charge in [0, 0.05) is 0 Å². The highest BCUT2D eigenvalue weighted by Crippen LogP contribution is 2.45. The van der Waals surface area contributed by atoms with Crippen LogP contribution in [0.5, 0.6) is 0 Å². The molecular weight excluding hydrogens is 456 g/mol. The van der Waals surface area contributed by atoms with Gasteiger partial charge in [-0.05, 0) is 18.2 Å². The number of aliphatic hydroxyl groups excluding tert-OH is 2. The van der Waals surface area contributed by atoms with Crippen LogP contribution in [0.3, 0.4) is 0 Å². The zero-order valence-corrected chi connectivity index (χ0v) is 13.8. The van der Waals surface area contributed by atoms with E-state index in [1.165, 1.54) is 0 Å². The molecule has 4 nitrogen and oxygen atoms in total. The average Bonchev–Trinajstić information content (AvgIpc) is 2.88. The molecule has 1 aromatic carbocycles. The molecule has 3 atom stereocenters. The van der Waals surface area contributed by atoms with Crippen molar-refractivity contribution in [1.82, 2.24) is 0 Å². The summed E-state index contributed by atoms with van der Waals surface area (Å²) in [5.74, 6) is -3.28. The summed E-state index contributed by atoms with van der Waals surface area (Å²) in [5.41, 5.74) is -8.13. The molecule has 0 saturated heterocycles. The minimum atomic E-state index is -5.74. The van der Waals surface area contributed by atoms with E-state index in [-0.39, 0.29) is 12.1 Å². The predicted molar refractivity (Wildman–Crippen MR) is 74.0 cm³/mol. The number of anilines is 1. The maximum Gasteiger partial charge on any atom is 0.431 e. The van der Waals surface area contributed by atoms with Gasteiger partial charge in [-0.3, -0.25) is 0 Å². The maximum absolute atomic E-state index is 13.2. The number of hydrazone groups is 1. The summed E-state index contributed by atoms with van der Waals surface area (Å²) in [6, 6.07) is -0.499. The first-order valence-corrected chi connectivity index (χ1v) is 7.42. The van der Waals surface area contributed by atoms with Gasteiger partial charge >= 0.3 is 24.7 Å². The van der Waals surface area contributed by atoms with Gasteiger partial charge in [-0.2, -0.15) is 57.8 Å². The lowest BCUT2D eigenvalue weighted by atomic mass is 9.94. The van der Waals surface area contributed by atoms with Crippen LogP contribution in [0.1, 0.15) is 11.1 Å². The van der Waals surface area contributed by atoms with Gasteiger partial charge < -0.3 is 10.2 Å². The lowest BCUT2D eigenvalue weighted by Crippen LogP contribution is -2.49. The van der Waals surface area contributed by atoms with Crippen molar-refractivity contribution in [3.63, 3.8) is 0 Å². The minimum absolute atomic E-state index is 0.00525. The van der Waals surface area contributed by atoms with Gasteiger partial charge in [-0.1, -0.05) is 0 Å². The monoisotopic (exact) mass is 464 g/mol. The molecule has 1 aromatic rings. The number of aliphatic hydroxyl groups is 2. The molecule has 16 heteroatoms. The molecule has 1 aliphatic rings. The van der Waals surface area contributed by atoms with Crippen LogP contribution in [0.25, 0.3) is 0 Å². The summed E-state index contributed by atoms with van der Waals surface area (Å²) >= 11 is 0. The van der Waals surface area contributed by atoms with Crippen molar-refractivity contribution >= 4 is 11.4 Å². The molecule has 30 heavy (non-hydrogen) atoms. The first-order valence-electron chi connectivity index (χ1n) is 7.42. The van der Waals surface area contributed by atoms with Crippen LogP contribution in [0.15, 0.2) is 23.3 Å². The molecule has 0 aromatic heterocycles. The molecule has 0 radical (unpaired) electrons. The third kappa shape index (κ3) is 4.58. The Morgan fingerprint density at radius 2 is 1.37 bits per heavy atom. The van der Waals surface area contributed by atoms with Gasteiger partial charge in [-0.15, -0.1) is 0 Å². The van der Waals surface area contributed by atoms with Crippen LogP contribution in [0, 0.1) is 5.92 Å². The number of benzene rings is 1. The fourth-order valence-corrected chi connectivity index (χ4v) is 2.63. The van der Waals surface area contributed by atoms with Crippen LogP contribution >= 0.6 is 0 Å². The summed E-state index contributed by atoms with van der Waals surface area (Å²) in [6.45, 7) is 0. The van der Waals surface area contributed by atoms with E-state index in [0.717, 1.165) is 0 Å². The molecule has 0 bridgehead atoms. The molecule has 3 unspecified atom stereocenters. The van der Waals surface area contributed by atoms with Crippen LogP contribution in [-0.2, 0) is 12.4 Å². The Kier molecular flexibility index (Phi) is 5.75. The second kappa shape index (κ2) is 7.18. The quantitative estimate of drug-likeness (QED) is 0.642. The Morgan fingerprint density at radius 3 is 1.77 bits per heavy atom. The van der Waals surface area contributed by atoms with Gasteiger partial charge in [0.25, 0.3) is 0 Å². The zero-order valence-electron chi connectivity index (χ0n) is 13.8. The molecule has 0 spiro atoms. The summed E-state index contributed by atoms with van der Waals surface area (Å²) < 4.78 is 155. The highest BCUT2D eigenvalue weighted by Gasteiger charge is 2.59. The topological polar surface area (TPSA) is 56.1 Å². The summed E-state index contributed by atoms with van der Waals surface area (Å²) in [5, 5.41) is 21.0. The van der Waals surface area contributed by atoms with E-state index in [1.807, 2.05) is 0 Å². The first-order chi connectivity index (χ1) is 13.3. The van der Waals surface area contributed by atoms with E-state index in [0.29, 0.717) is 0 Å². The molecule has 0 aliphatic carbocycles. The van der Waals surface area contributed by atoms with Gasteiger partial charge in [-0.25, -0.2) is 5.01 Å². The number of alkyl halides is 12. The van der Waals surface area contributed by atoms with Gasteiger partial charge in [0.15, 0.2) is 18.0 Å². The van der Waals surface area contributed by atoms with Crippen LogP contribution in [0.2, 0.25) is 0 Å². The standard InChI is InChI=1S/C14H8F12N2O2/c15-11(16,17)4-1-2-6(5(3-4)12(18,19)20)28-10(30)7(9(29)14(24,25)26)8(27-28)13(21,22)23/h1-3,7,9-10,29-30H. The first kappa shape index (κ1) is 24.0. The summed E-state index contributed by atoms with van der Waals surface area (Å²) in [7, 11) is 0. The molecular formula is C14H8F12N2O2. The number of hydrogen-bond acceptors (Lipinski definition) is 4. The third-order valence-corrected chi connectivity index (χ3v) is 3.95. The number of nitrogens with zero attached hydrogens (tertiary/aromatic N) is 2. The van der Waals surface area contributed by atoms with E-state index in [9.17, 15) is 62.9 Å². The third-order valence-electron chi connectivity index (χ3n) is 3.95. The fraction of sp³-hybridized carbons (Fsp3) is 0.500. The second-order valence-electron chi connectivity index (χ2n) is 5.98. The van der Waals surface area contributed by atoms with Gasteiger partial charge in [0.2, 0.25) is 0 Å². The van der Waals surface area contributed by atoms with Crippen LogP contribution in [0.4, 0.5) is 58.4 Å². The maximum atomic E-state index is 13.2. The molecule has 1 heterocycles. The molecule has 2 rings (SSSR count). The lowest BCUT2D eigenvalue weighted by Gasteiger charge is -2.29. The normalized spacial score (nSPS) is 22.3. The highest BCUT2D eigenvalue weighted by molar-refractivity contribution is 5.96. The number of rotatable bonds is 2. The Bertz CT molecular complexity index is 824. The Hall–Kier alpha value is -2.23. The highest BCUT2D eigenvalue weighted by atomic mass is 19.4. The number of halogens is 12. The van der Waals surface area contributed by atoms with Crippen molar-refractivity contribution in [3.05, 3.63) is 29.3 Å². The van der Waals surface area contributed by atoms with Gasteiger partial charge in [0.05, 0.1) is 22.7 Å². The molecule has 0 saturated carbocycles. The number of hydrogen-bond donors (Lipinski definition) is 2. The van der Waals surface area contributed by atoms with E-state index in [2.05, 4.69) is 5.10 Å². The van der Waals surface area contributed by atoms with Crippen molar-refractivity contribution in [1.29, 1.82) is 0 Å². The SMILES string of the molecule is OC1C(C(O)C(F)(F)F)C(C(F)(F)F)=NN1c1ccc(C(F)(F)F)cc1C(F)(F)F. The van der Waals surface area contributed by atoms with E-state index < -0.39 is 76.6 Å². The van der Waals surface area contributed by atoms with Crippen molar-refractivity contribution in [3.8, 4) is 0 Å². The Morgan fingerprint density at radius 1 is 0.833 bits per heavy atom. The zero-order chi connectivity index (χ0) is 23.4. The summed E-state index contributed by atoms with van der Waals surface area (Å²) in [6.07, 6.45) is -29.4. The smallest absolute Gasteiger partial charge is 0.383 e. The summed E-state index contributed by atoms with van der Waals surface area (Å²) in [4.78, 5) is 0. The largest absolute Gasteiger partial charge is 0.431 e. The van der Waals surface area contributed by atoms with E-state index in [1.54, 1.807) is 0 Å². The van der Waals surface area contributed by atoms with E-state index in [4.69, 9.17) is 0 Å². The average molecular weight is 464 g/mol. The van der Waals surface area contributed by atoms with E-state index >= 15 is 0 Å². The molecule has 0 fully saturated rings. The second-order valence-corrected chi connectivity index (χ2v) is 5.98. The van der Waals surface area contributed by atoms with Crippen LogP contribution in [-0.4, -0.2) is 40.6 Å². The molecule has 2 N–H and O–H groups in total. The van der Waals surface area contributed by atoms with Crippen LogP contribution < -0.4 is 5.01 Å². The van der Waals surface area contributed by atoms with Gasteiger partial charge in [0.1, 0.15) is 0 Å². The predicted octanol–water partition coefficient (Wildman–Crippen LogP) is 4.32. The van der Waals surface area contributed by atoms with Crippen molar-refractivity contribution < 1.29 is 62.9 Å². The minimum Gasteiger partial charge on any atom is -0.383 e. The Labute approximate surface area is 158 Å².